The van der Waals surface area contributed by atoms with E-state index in [1.54, 1.807) is 0 Å². The van der Waals surface area contributed by atoms with Crippen LogP contribution in [0.3, 0.4) is 0 Å². The molecule has 3 fully saturated rings. The van der Waals surface area contributed by atoms with E-state index >= 15 is 0 Å². The molecule has 13 atom stereocenters. The van der Waals surface area contributed by atoms with Crippen LogP contribution in [-0.2, 0) is 27.1 Å². The number of ether oxygens (including phenoxy) is 2. The fraction of sp³-hybridized carbons (Fsp3) is 0.678. The summed E-state index contributed by atoms with van der Waals surface area (Å²) in [6.07, 6.45) is 25.4. The third-order valence-corrected chi connectivity index (χ3v) is 18.2. The second kappa shape index (κ2) is 25.2. The van der Waals surface area contributed by atoms with Gasteiger partial charge in [-0.1, -0.05) is 96.9 Å². The molecule has 6 aliphatic rings. The topological polar surface area (TPSA) is 173 Å². The summed E-state index contributed by atoms with van der Waals surface area (Å²) >= 11 is 0. The van der Waals surface area contributed by atoms with E-state index < -0.39 is 35.7 Å². The van der Waals surface area contributed by atoms with Crippen LogP contribution >= 0.6 is 0 Å². The molecular formula is C59H89N3O8. The van der Waals surface area contributed by atoms with Gasteiger partial charge in [-0.2, -0.15) is 0 Å². The van der Waals surface area contributed by atoms with Gasteiger partial charge in [0.1, 0.15) is 12.4 Å². The van der Waals surface area contributed by atoms with Crippen molar-refractivity contribution in [1.29, 1.82) is 0 Å². The molecule has 1 heterocycles. The summed E-state index contributed by atoms with van der Waals surface area (Å²) in [5.41, 5.74) is 5.29. The Morgan fingerprint density at radius 2 is 1.86 bits per heavy atom. The van der Waals surface area contributed by atoms with Crippen molar-refractivity contribution in [1.82, 2.24) is 16.0 Å². The zero-order valence-electron chi connectivity index (χ0n) is 43.1. The van der Waals surface area contributed by atoms with E-state index in [1.165, 1.54) is 42.4 Å². The van der Waals surface area contributed by atoms with Crippen molar-refractivity contribution < 1.29 is 39.8 Å². The summed E-state index contributed by atoms with van der Waals surface area (Å²) in [4.78, 5) is 12.6. The molecule has 0 aromatic heterocycles. The van der Waals surface area contributed by atoms with Crippen LogP contribution in [0.1, 0.15) is 102 Å². The summed E-state index contributed by atoms with van der Waals surface area (Å²) in [7, 11) is 5.80. The largest absolute Gasteiger partial charge is 0.396 e. The zero-order chi connectivity index (χ0) is 49.9. The summed E-state index contributed by atoms with van der Waals surface area (Å²) < 4.78 is 11.9. The zero-order valence-corrected chi connectivity index (χ0v) is 43.1. The van der Waals surface area contributed by atoms with Gasteiger partial charge in [0.2, 0.25) is 0 Å². The Morgan fingerprint density at radius 3 is 2.61 bits per heavy atom. The van der Waals surface area contributed by atoms with E-state index in [2.05, 4.69) is 71.6 Å². The summed E-state index contributed by atoms with van der Waals surface area (Å²) in [6.45, 7) is 9.37. The quantitative estimate of drug-likeness (QED) is 0.0284. The molecule has 11 heteroatoms. The number of aldehydes is 1. The number of carbonyl (C=O) groups is 1. The Bertz CT molecular complexity index is 2060. The summed E-state index contributed by atoms with van der Waals surface area (Å²) in [6, 6.07) is 9.29. The molecule has 1 aromatic carbocycles. The van der Waals surface area contributed by atoms with Gasteiger partial charge in [-0.25, -0.2) is 0 Å². The van der Waals surface area contributed by atoms with E-state index in [4.69, 9.17) is 16.1 Å². The van der Waals surface area contributed by atoms with Crippen LogP contribution in [0.5, 0.6) is 0 Å². The van der Waals surface area contributed by atoms with E-state index in [9.17, 15) is 30.3 Å². The van der Waals surface area contributed by atoms with E-state index in [0.29, 0.717) is 62.0 Å². The van der Waals surface area contributed by atoms with Gasteiger partial charge in [-0.3, -0.25) is 4.79 Å². The number of hydrogen-bond donors (Lipinski definition) is 8. The van der Waals surface area contributed by atoms with Gasteiger partial charge >= 0.3 is 0 Å². The van der Waals surface area contributed by atoms with E-state index in [1.807, 2.05) is 33.2 Å². The SMILES string of the molecule is C=C(/C=C/C=C(/COC[C@H](O)CO)[C@@H]1CC[C@]2([C@@H]1O)[C@@H]1C(=C(C)C=O)[C@@H](C=C[C@H]1CCO)C[C@]2(O)CCNC)[C@@H]1Cc2cccc(c2)C[C@@](CCOC)([C@H]2CCCC[C@@H]2CNC)NCC2=C[C@@H]1CCC2. The number of benzene rings is 1. The highest BCUT2D eigenvalue weighted by atomic mass is 16.5. The van der Waals surface area contributed by atoms with Gasteiger partial charge < -0.3 is 51.0 Å². The Hall–Kier alpha value is -3.07. The van der Waals surface area contributed by atoms with Crippen LogP contribution in [0.2, 0.25) is 0 Å². The first-order chi connectivity index (χ1) is 33.9. The molecule has 5 aliphatic carbocycles. The molecule has 8 N–H and O–H groups in total. The lowest BCUT2D eigenvalue weighted by molar-refractivity contribution is -0.194. The number of hydrogen-bond acceptors (Lipinski definition) is 11. The van der Waals surface area contributed by atoms with Crippen molar-refractivity contribution in [2.45, 2.75) is 127 Å². The molecule has 1 aliphatic heterocycles. The Morgan fingerprint density at radius 1 is 1.04 bits per heavy atom. The smallest absolute Gasteiger partial charge is 0.145 e. The highest BCUT2D eigenvalue weighted by Crippen LogP contribution is 2.67. The minimum atomic E-state index is -1.27. The Kier molecular flexibility index (Phi) is 19.7. The number of aliphatic hydroxyl groups excluding tert-OH is 4. The van der Waals surface area contributed by atoms with Crippen molar-refractivity contribution in [2.24, 2.45) is 52.8 Å². The molecular weight excluding hydrogens is 879 g/mol. The highest BCUT2D eigenvalue weighted by Gasteiger charge is 2.68. The van der Waals surface area contributed by atoms with Gasteiger partial charge in [-0.05, 0) is 175 Å². The van der Waals surface area contributed by atoms with Crippen LogP contribution in [0.4, 0.5) is 0 Å². The third kappa shape index (κ3) is 11.8. The van der Waals surface area contributed by atoms with Gasteiger partial charge in [-0.15, -0.1) is 0 Å². The standard InChI is InChI=1S/C59H89N3O8/c1-40(52-31-42-12-9-13-43(29-42)32-57(25-28-69-5,53-18-7-6-15-48(53)35-61-4)62-34-44-14-10-16-46(52)30-44)11-8-17-49(38-70-39-50(66)37-65)51-21-23-59(56(51)67)55-45(22-27-63)19-20-47(54(55)41(2)36-64)33-58(59,68)24-26-60-3/h8-9,11-13,17,19-20,29-30,36,45-48,50-53,55-56,60-63,65-68H,1,6-7,10,14-16,18,21-28,31-35,37-39H2,2-5H3/b11-8+,49-17-,54-41?/t45-,46-,47-,48+,50+,51-,52-,53-,55-,56+,57-,58+,59+/m0/s1. The van der Waals surface area contributed by atoms with Crippen molar-refractivity contribution in [3.8, 4) is 0 Å². The maximum Gasteiger partial charge on any atom is 0.145 e. The number of aliphatic hydroxyl groups is 5. The normalized spacial score (nSPS) is 35.8. The summed E-state index contributed by atoms with van der Waals surface area (Å²) in [5.74, 6) is 0.560. The first-order valence-corrected chi connectivity index (χ1v) is 27.0. The lowest BCUT2D eigenvalue weighted by Crippen LogP contribution is -2.65. The molecule has 1 aromatic rings. The minimum Gasteiger partial charge on any atom is -0.396 e. The van der Waals surface area contributed by atoms with Crippen molar-refractivity contribution >= 4 is 6.29 Å². The predicted octanol–water partition coefficient (Wildman–Crippen LogP) is 6.75. The summed E-state index contributed by atoms with van der Waals surface area (Å²) in [5, 5.41) is 67.5. The Labute approximate surface area is 420 Å². The molecule has 7 rings (SSSR count). The number of carbonyl (C=O) groups excluding carboxylic acids is 1. The average Bonchev–Trinajstić information content (AvgIpc) is 3.72. The van der Waals surface area contributed by atoms with E-state index in [-0.39, 0.29) is 49.0 Å². The van der Waals surface area contributed by atoms with Crippen LogP contribution in [0, 0.1) is 52.8 Å². The van der Waals surface area contributed by atoms with Crippen LogP contribution in [0.25, 0.3) is 0 Å². The van der Waals surface area contributed by atoms with Crippen LogP contribution in [-0.4, -0.2) is 129 Å². The number of nitrogens with one attached hydrogen (secondary N) is 3. The van der Waals surface area contributed by atoms with Gasteiger partial charge in [0, 0.05) is 49.7 Å². The average molecular weight is 968 g/mol. The molecule has 0 saturated heterocycles. The predicted molar refractivity (Wildman–Crippen MR) is 279 cm³/mol. The molecule has 3 saturated carbocycles. The minimum absolute atomic E-state index is 0.0517. The number of methoxy groups -OCH3 is 1. The molecule has 70 heavy (non-hydrogen) atoms. The number of fused-ring (bicyclic) bond motifs is 6. The molecule has 0 unspecified atom stereocenters. The van der Waals surface area contributed by atoms with Gasteiger partial charge in [0.15, 0.2) is 0 Å². The maximum atomic E-state index is 13.1. The van der Waals surface area contributed by atoms with Crippen molar-refractivity contribution in [2.75, 3.05) is 73.9 Å². The monoisotopic (exact) mass is 968 g/mol. The molecule has 1 spiro atoms. The lowest BCUT2D eigenvalue weighted by Gasteiger charge is -2.61. The maximum absolute atomic E-state index is 13.1. The molecule has 388 valence electrons. The van der Waals surface area contributed by atoms with Crippen molar-refractivity contribution in [3.05, 3.63) is 106 Å². The van der Waals surface area contributed by atoms with E-state index in [0.717, 1.165) is 81.2 Å². The highest BCUT2D eigenvalue weighted by molar-refractivity contribution is 5.74. The molecule has 0 amide bonds. The van der Waals surface area contributed by atoms with Crippen LogP contribution < -0.4 is 16.0 Å². The Balaban J connectivity index is 1.22. The first kappa shape index (κ1) is 54.7. The first-order valence-electron chi connectivity index (χ1n) is 27.0. The van der Waals surface area contributed by atoms with Crippen molar-refractivity contribution in [3.63, 3.8) is 0 Å². The van der Waals surface area contributed by atoms with Crippen LogP contribution in [0.15, 0.2) is 95.2 Å². The lowest BCUT2D eigenvalue weighted by atomic mass is 9.45. The third-order valence-electron chi connectivity index (χ3n) is 18.2. The van der Waals surface area contributed by atoms with Gasteiger partial charge in [0.05, 0.1) is 31.5 Å². The fourth-order valence-electron chi connectivity index (χ4n) is 14.9. The molecule has 11 nitrogen and oxygen atoms in total. The number of allylic oxidation sites excluding steroid dienone is 9. The second-order valence-electron chi connectivity index (χ2n) is 22.3. The molecule has 6 bridgehead atoms. The number of rotatable bonds is 21. The van der Waals surface area contributed by atoms with Gasteiger partial charge in [0.25, 0.3) is 0 Å². The second-order valence-corrected chi connectivity index (χ2v) is 22.3. The fourth-order valence-corrected chi connectivity index (χ4v) is 14.9. The molecule has 0 radical (unpaired) electrons.